The highest BCUT2D eigenvalue weighted by atomic mass is 16.5. The fourth-order valence-electron chi connectivity index (χ4n) is 3.50. The van der Waals surface area contributed by atoms with E-state index in [-0.39, 0.29) is 0 Å². The van der Waals surface area contributed by atoms with Gasteiger partial charge in [0.15, 0.2) is 5.82 Å². The van der Waals surface area contributed by atoms with Crippen molar-refractivity contribution in [2.24, 2.45) is 0 Å². The molecular formula is C25H19N3O. The number of rotatable bonds is 4. The second-order valence-electron chi connectivity index (χ2n) is 6.79. The molecule has 0 atom stereocenters. The van der Waals surface area contributed by atoms with E-state index in [9.17, 15) is 0 Å². The summed E-state index contributed by atoms with van der Waals surface area (Å²) in [6, 6.07) is 30.4. The summed E-state index contributed by atoms with van der Waals surface area (Å²) in [6.07, 6.45) is 0. The van der Waals surface area contributed by atoms with Gasteiger partial charge in [-0.2, -0.15) is 0 Å². The van der Waals surface area contributed by atoms with Gasteiger partial charge < -0.3 is 10.1 Å². The molecule has 0 bridgehead atoms. The van der Waals surface area contributed by atoms with E-state index >= 15 is 0 Å². The maximum atomic E-state index is 5.27. The maximum absolute atomic E-state index is 5.27. The topological polar surface area (TPSA) is 47.0 Å². The molecule has 1 aromatic heterocycles. The lowest BCUT2D eigenvalue weighted by Crippen LogP contribution is -2.00. The Balaban J connectivity index is 1.65. The van der Waals surface area contributed by atoms with Crippen LogP contribution in [0.3, 0.4) is 0 Å². The predicted octanol–water partition coefficient (Wildman–Crippen LogP) is 6.20. The van der Waals surface area contributed by atoms with E-state index in [0.717, 1.165) is 39.1 Å². The summed E-state index contributed by atoms with van der Waals surface area (Å²) in [5, 5.41) is 6.87. The second-order valence-corrected chi connectivity index (χ2v) is 6.79. The largest absolute Gasteiger partial charge is 0.497 e. The Morgan fingerprint density at radius 1 is 0.690 bits per heavy atom. The first-order chi connectivity index (χ1) is 14.3. The SMILES string of the molecule is COc1ccc(-c2nc(Nc3cccc4ccccc34)c3ccccc3n2)cc1. The molecule has 0 saturated carbocycles. The van der Waals surface area contributed by atoms with Crippen LogP contribution in [0, 0.1) is 0 Å². The van der Waals surface area contributed by atoms with Crippen molar-refractivity contribution in [1.29, 1.82) is 0 Å². The van der Waals surface area contributed by atoms with Crippen LogP contribution in [0.15, 0.2) is 91.0 Å². The third kappa shape index (κ3) is 3.25. The van der Waals surface area contributed by atoms with E-state index < -0.39 is 0 Å². The summed E-state index contributed by atoms with van der Waals surface area (Å²) in [4.78, 5) is 9.64. The molecule has 0 spiro atoms. The summed E-state index contributed by atoms with van der Waals surface area (Å²) < 4.78 is 5.27. The van der Waals surface area contributed by atoms with Crippen LogP contribution in [-0.2, 0) is 0 Å². The van der Waals surface area contributed by atoms with E-state index in [1.54, 1.807) is 7.11 Å². The van der Waals surface area contributed by atoms with Crippen molar-refractivity contribution in [2.45, 2.75) is 0 Å². The van der Waals surface area contributed by atoms with Crippen LogP contribution in [0.5, 0.6) is 5.75 Å². The summed E-state index contributed by atoms with van der Waals surface area (Å²) >= 11 is 0. The van der Waals surface area contributed by atoms with Crippen molar-refractivity contribution in [3.05, 3.63) is 91.0 Å². The van der Waals surface area contributed by atoms with Gasteiger partial charge in [-0.1, -0.05) is 48.5 Å². The van der Waals surface area contributed by atoms with Crippen LogP contribution in [-0.4, -0.2) is 17.1 Å². The Labute approximate surface area is 168 Å². The molecule has 0 amide bonds. The van der Waals surface area contributed by atoms with Gasteiger partial charge in [-0.15, -0.1) is 0 Å². The number of aromatic nitrogens is 2. The fourth-order valence-corrected chi connectivity index (χ4v) is 3.50. The molecule has 0 radical (unpaired) electrons. The molecule has 0 aliphatic carbocycles. The third-order valence-corrected chi connectivity index (χ3v) is 4.99. The number of methoxy groups -OCH3 is 1. The Hall–Kier alpha value is -3.92. The van der Waals surface area contributed by atoms with Crippen LogP contribution < -0.4 is 10.1 Å². The predicted molar refractivity (Wildman–Crippen MR) is 119 cm³/mol. The molecule has 0 aliphatic rings. The third-order valence-electron chi connectivity index (χ3n) is 4.99. The lowest BCUT2D eigenvalue weighted by molar-refractivity contribution is 0.415. The zero-order chi connectivity index (χ0) is 19.6. The molecule has 4 heteroatoms. The van der Waals surface area contributed by atoms with Crippen LogP contribution in [0.25, 0.3) is 33.1 Å². The summed E-state index contributed by atoms with van der Waals surface area (Å²) in [5.41, 5.74) is 2.86. The molecule has 0 aliphatic heterocycles. The van der Waals surface area contributed by atoms with Gasteiger partial charge in [0.25, 0.3) is 0 Å². The minimum Gasteiger partial charge on any atom is -0.497 e. The smallest absolute Gasteiger partial charge is 0.162 e. The van der Waals surface area contributed by atoms with Gasteiger partial charge in [-0.3, -0.25) is 0 Å². The number of nitrogens with zero attached hydrogens (tertiary/aromatic N) is 2. The molecule has 5 rings (SSSR count). The molecule has 0 saturated heterocycles. The van der Waals surface area contributed by atoms with E-state index in [0.29, 0.717) is 5.82 Å². The molecule has 5 aromatic rings. The Morgan fingerprint density at radius 3 is 2.24 bits per heavy atom. The average molecular weight is 377 g/mol. The standard InChI is InChI=1S/C25H19N3O/c1-29-19-15-13-18(14-16-19)24-26-23-11-5-4-10-21(23)25(28-24)27-22-12-6-8-17-7-2-3-9-20(17)22/h2-16H,1H3,(H,26,27,28). The van der Waals surface area contributed by atoms with Gasteiger partial charge >= 0.3 is 0 Å². The second kappa shape index (κ2) is 7.24. The summed E-state index contributed by atoms with van der Waals surface area (Å²) in [7, 11) is 1.66. The number of benzene rings is 4. The van der Waals surface area contributed by atoms with Gasteiger partial charge in [-0.25, -0.2) is 9.97 Å². The van der Waals surface area contributed by atoms with Gasteiger partial charge in [0.05, 0.1) is 12.6 Å². The minimum absolute atomic E-state index is 0.675. The molecule has 0 fully saturated rings. The maximum Gasteiger partial charge on any atom is 0.162 e. The number of ether oxygens (including phenoxy) is 1. The van der Waals surface area contributed by atoms with Crippen LogP contribution >= 0.6 is 0 Å². The van der Waals surface area contributed by atoms with Crippen LogP contribution in [0.1, 0.15) is 0 Å². The van der Waals surface area contributed by atoms with E-state index in [4.69, 9.17) is 14.7 Å². The number of para-hydroxylation sites is 1. The van der Waals surface area contributed by atoms with Gasteiger partial charge in [0, 0.05) is 22.0 Å². The Bertz CT molecular complexity index is 1310. The number of hydrogen-bond donors (Lipinski definition) is 1. The molecular weight excluding hydrogens is 358 g/mol. The molecule has 140 valence electrons. The molecule has 4 nitrogen and oxygen atoms in total. The monoisotopic (exact) mass is 377 g/mol. The highest BCUT2D eigenvalue weighted by Crippen LogP contribution is 2.31. The van der Waals surface area contributed by atoms with Crippen molar-refractivity contribution >= 4 is 33.2 Å². The first-order valence-electron chi connectivity index (χ1n) is 9.48. The average Bonchev–Trinajstić information content (AvgIpc) is 2.79. The zero-order valence-electron chi connectivity index (χ0n) is 16.0. The molecule has 29 heavy (non-hydrogen) atoms. The fraction of sp³-hybridized carbons (Fsp3) is 0.0400. The highest BCUT2D eigenvalue weighted by molar-refractivity contribution is 5.99. The lowest BCUT2D eigenvalue weighted by Gasteiger charge is -2.13. The number of fused-ring (bicyclic) bond motifs is 2. The van der Waals surface area contributed by atoms with Crippen molar-refractivity contribution in [1.82, 2.24) is 9.97 Å². The lowest BCUT2D eigenvalue weighted by atomic mass is 10.1. The molecule has 1 heterocycles. The summed E-state index contributed by atoms with van der Waals surface area (Å²) in [5.74, 6) is 2.27. The van der Waals surface area contributed by atoms with Crippen LogP contribution in [0.2, 0.25) is 0 Å². The van der Waals surface area contributed by atoms with E-state index in [1.807, 2.05) is 60.7 Å². The van der Waals surface area contributed by atoms with Crippen molar-refractivity contribution < 1.29 is 4.74 Å². The number of hydrogen-bond acceptors (Lipinski definition) is 4. The van der Waals surface area contributed by atoms with Gasteiger partial charge in [-0.05, 0) is 47.9 Å². The minimum atomic E-state index is 0.675. The molecule has 4 aromatic carbocycles. The van der Waals surface area contributed by atoms with E-state index in [1.165, 1.54) is 5.39 Å². The van der Waals surface area contributed by atoms with Crippen molar-refractivity contribution in [3.63, 3.8) is 0 Å². The number of nitrogens with one attached hydrogen (secondary N) is 1. The zero-order valence-corrected chi connectivity index (χ0v) is 16.0. The first kappa shape index (κ1) is 17.2. The Morgan fingerprint density at radius 2 is 1.41 bits per heavy atom. The highest BCUT2D eigenvalue weighted by Gasteiger charge is 2.11. The summed E-state index contributed by atoms with van der Waals surface area (Å²) in [6.45, 7) is 0. The van der Waals surface area contributed by atoms with Crippen molar-refractivity contribution in [3.8, 4) is 17.1 Å². The number of anilines is 2. The quantitative estimate of drug-likeness (QED) is 0.405. The Kier molecular flexibility index (Phi) is 4.30. The van der Waals surface area contributed by atoms with E-state index in [2.05, 4.69) is 35.6 Å². The van der Waals surface area contributed by atoms with Crippen molar-refractivity contribution in [2.75, 3.05) is 12.4 Å². The van der Waals surface area contributed by atoms with Crippen LogP contribution in [0.4, 0.5) is 11.5 Å². The molecule has 0 unspecified atom stereocenters. The normalized spacial score (nSPS) is 10.9. The molecule has 1 N–H and O–H groups in total. The van der Waals surface area contributed by atoms with Gasteiger partial charge in [0.2, 0.25) is 0 Å². The van der Waals surface area contributed by atoms with Gasteiger partial charge in [0.1, 0.15) is 11.6 Å². The first-order valence-corrected chi connectivity index (χ1v) is 9.48.